The van der Waals surface area contributed by atoms with Crippen molar-refractivity contribution < 1.29 is 9.53 Å². The predicted octanol–water partition coefficient (Wildman–Crippen LogP) is 5.96. The van der Waals surface area contributed by atoms with E-state index in [0.717, 1.165) is 27.6 Å². The van der Waals surface area contributed by atoms with Crippen molar-refractivity contribution >= 4 is 40.5 Å². The molecule has 0 radical (unpaired) electrons. The van der Waals surface area contributed by atoms with Crippen LogP contribution < -0.4 is 4.74 Å². The number of carbonyl (C=O) groups is 1. The van der Waals surface area contributed by atoms with Crippen LogP contribution >= 0.6 is 23.4 Å². The first-order valence-electron chi connectivity index (χ1n) is 9.93. The van der Waals surface area contributed by atoms with Crippen molar-refractivity contribution in [2.45, 2.75) is 26.9 Å². The summed E-state index contributed by atoms with van der Waals surface area (Å²) >= 11 is 7.66. The van der Waals surface area contributed by atoms with Gasteiger partial charge in [0, 0.05) is 23.7 Å². The zero-order valence-corrected chi connectivity index (χ0v) is 18.8. The number of benzene rings is 2. The molecule has 156 valence electrons. The maximum atomic E-state index is 12.7. The molecule has 1 amide bonds. The standard InChI is InChI=1S/C24H25ClN2O2S/c1-4-9-18-14-17(15-22-23(28)27(6-3)24(30-22)26-5-2)12-13-21(18)29-16-19-10-7-8-11-20(19)25/h4,7-8,10-15H,1,5-6,9,16H2,2-3H3/b22-15-,26-24?. The van der Waals surface area contributed by atoms with Gasteiger partial charge in [0.2, 0.25) is 0 Å². The third-order valence-electron chi connectivity index (χ3n) is 4.59. The fraction of sp³-hybridized carbons (Fsp3) is 0.250. The summed E-state index contributed by atoms with van der Waals surface area (Å²) in [6.07, 6.45) is 4.42. The van der Waals surface area contributed by atoms with E-state index < -0.39 is 0 Å². The molecule has 0 spiro atoms. The molecule has 3 rings (SSSR count). The van der Waals surface area contributed by atoms with Gasteiger partial charge in [0.1, 0.15) is 12.4 Å². The average Bonchev–Trinajstić information content (AvgIpc) is 3.03. The average molecular weight is 441 g/mol. The van der Waals surface area contributed by atoms with Gasteiger partial charge in [-0.15, -0.1) is 6.58 Å². The second-order valence-electron chi connectivity index (χ2n) is 6.66. The van der Waals surface area contributed by atoms with Crippen LogP contribution in [0.3, 0.4) is 0 Å². The molecule has 0 saturated carbocycles. The highest BCUT2D eigenvalue weighted by Crippen LogP contribution is 2.33. The number of allylic oxidation sites excluding steroid dienone is 1. The first kappa shape index (κ1) is 22.2. The minimum Gasteiger partial charge on any atom is -0.489 e. The summed E-state index contributed by atoms with van der Waals surface area (Å²) in [4.78, 5) is 19.5. The van der Waals surface area contributed by atoms with E-state index in [1.807, 2.05) is 68.5 Å². The molecule has 0 N–H and O–H groups in total. The number of ether oxygens (including phenoxy) is 1. The molecule has 0 aliphatic carbocycles. The Labute approximate surface area is 187 Å². The van der Waals surface area contributed by atoms with Crippen molar-refractivity contribution in [2.24, 2.45) is 4.99 Å². The molecule has 4 nitrogen and oxygen atoms in total. The molecule has 0 aromatic heterocycles. The number of nitrogens with zero attached hydrogens (tertiary/aromatic N) is 2. The summed E-state index contributed by atoms with van der Waals surface area (Å²) in [5.74, 6) is 0.782. The number of hydrogen-bond acceptors (Lipinski definition) is 4. The van der Waals surface area contributed by atoms with Crippen LogP contribution in [0.25, 0.3) is 6.08 Å². The van der Waals surface area contributed by atoms with Crippen LogP contribution in [0.5, 0.6) is 5.75 Å². The molecular formula is C24H25ClN2O2S. The van der Waals surface area contributed by atoms with Crippen molar-refractivity contribution in [1.29, 1.82) is 0 Å². The maximum Gasteiger partial charge on any atom is 0.266 e. The predicted molar refractivity (Wildman–Crippen MR) is 127 cm³/mol. The van der Waals surface area contributed by atoms with E-state index in [1.54, 1.807) is 4.90 Å². The van der Waals surface area contributed by atoms with Gasteiger partial charge >= 0.3 is 0 Å². The van der Waals surface area contributed by atoms with E-state index in [1.165, 1.54) is 11.8 Å². The van der Waals surface area contributed by atoms with Gasteiger partial charge in [-0.1, -0.05) is 41.9 Å². The monoisotopic (exact) mass is 440 g/mol. The summed E-state index contributed by atoms with van der Waals surface area (Å²) < 4.78 is 6.03. The fourth-order valence-electron chi connectivity index (χ4n) is 3.11. The lowest BCUT2D eigenvalue weighted by Crippen LogP contribution is -2.28. The Morgan fingerprint density at radius 1 is 1.20 bits per heavy atom. The van der Waals surface area contributed by atoms with Crippen molar-refractivity contribution in [2.75, 3.05) is 13.1 Å². The number of carbonyl (C=O) groups excluding carboxylic acids is 1. The normalized spacial score (nSPS) is 16.5. The minimum absolute atomic E-state index is 0.000910. The van der Waals surface area contributed by atoms with Gasteiger partial charge in [0.25, 0.3) is 5.91 Å². The zero-order valence-electron chi connectivity index (χ0n) is 17.2. The smallest absolute Gasteiger partial charge is 0.266 e. The van der Waals surface area contributed by atoms with Crippen LogP contribution in [-0.4, -0.2) is 29.1 Å². The summed E-state index contributed by atoms with van der Waals surface area (Å²) in [5.41, 5.74) is 2.89. The summed E-state index contributed by atoms with van der Waals surface area (Å²) in [7, 11) is 0. The van der Waals surface area contributed by atoms with Crippen LogP contribution in [0.1, 0.15) is 30.5 Å². The van der Waals surface area contributed by atoms with Crippen LogP contribution in [-0.2, 0) is 17.8 Å². The van der Waals surface area contributed by atoms with E-state index in [4.69, 9.17) is 16.3 Å². The summed E-state index contributed by atoms with van der Waals surface area (Å²) in [6, 6.07) is 13.6. The molecule has 6 heteroatoms. The second-order valence-corrected chi connectivity index (χ2v) is 8.07. The minimum atomic E-state index is -0.000910. The van der Waals surface area contributed by atoms with Gasteiger partial charge in [0.05, 0.1) is 4.91 Å². The molecule has 0 unspecified atom stereocenters. The molecule has 1 aliphatic rings. The lowest BCUT2D eigenvalue weighted by Gasteiger charge is -2.13. The van der Waals surface area contributed by atoms with E-state index >= 15 is 0 Å². The molecular weight excluding hydrogens is 416 g/mol. The highest BCUT2D eigenvalue weighted by molar-refractivity contribution is 8.18. The van der Waals surface area contributed by atoms with E-state index in [2.05, 4.69) is 11.6 Å². The summed E-state index contributed by atoms with van der Waals surface area (Å²) in [6.45, 7) is 9.43. The summed E-state index contributed by atoms with van der Waals surface area (Å²) in [5, 5.41) is 1.45. The van der Waals surface area contributed by atoms with Crippen molar-refractivity contribution in [1.82, 2.24) is 4.90 Å². The molecule has 2 aromatic rings. The van der Waals surface area contributed by atoms with Crippen LogP contribution in [0.15, 0.2) is 65.0 Å². The molecule has 0 bridgehead atoms. The van der Waals surface area contributed by atoms with Crippen molar-refractivity contribution in [3.05, 3.63) is 81.7 Å². The lowest BCUT2D eigenvalue weighted by molar-refractivity contribution is -0.122. The number of likely N-dealkylation sites (N-methyl/N-ethyl adjacent to an activating group) is 1. The molecule has 1 saturated heterocycles. The highest BCUT2D eigenvalue weighted by atomic mass is 35.5. The Kier molecular flexibility index (Phi) is 7.77. The van der Waals surface area contributed by atoms with Crippen molar-refractivity contribution in [3.63, 3.8) is 0 Å². The number of thioether (sulfide) groups is 1. The van der Waals surface area contributed by atoms with E-state index in [-0.39, 0.29) is 5.91 Å². The van der Waals surface area contributed by atoms with E-state index in [0.29, 0.717) is 36.0 Å². The highest BCUT2D eigenvalue weighted by Gasteiger charge is 2.31. The first-order valence-corrected chi connectivity index (χ1v) is 11.1. The molecule has 1 heterocycles. The third kappa shape index (κ3) is 5.15. The largest absolute Gasteiger partial charge is 0.489 e. The Hall–Kier alpha value is -2.50. The SMILES string of the molecule is C=CCc1cc(/C=C2\SC(=NCC)N(CC)C2=O)ccc1OCc1ccccc1Cl. The van der Waals surface area contributed by atoms with Gasteiger partial charge in [-0.2, -0.15) is 0 Å². The van der Waals surface area contributed by atoms with Gasteiger partial charge in [-0.3, -0.25) is 14.7 Å². The number of halogens is 1. The van der Waals surface area contributed by atoms with E-state index in [9.17, 15) is 4.79 Å². The van der Waals surface area contributed by atoms with Gasteiger partial charge in [0.15, 0.2) is 5.17 Å². The van der Waals surface area contributed by atoms with Crippen molar-refractivity contribution in [3.8, 4) is 5.75 Å². The zero-order chi connectivity index (χ0) is 21.5. The Morgan fingerprint density at radius 3 is 2.70 bits per heavy atom. The third-order valence-corrected chi connectivity index (χ3v) is 6.00. The molecule has 1 fully saturated rings. The van der Waals surface area contributed by atoms with Gasteiger partial charge in [-0.05, 0) is 67.4 Å². The Balaban J connectivity index is 1.83. The topological polar surface area (TPSA) is 41.9 Å². The Morgan fingerprint density at radius 2 is 2.00 bits per heavy atom. The number of aliphatic imine (C=N–C) groups is 1. The number of hydrogen-bond donors (Lipinski definition) is 0. The molecule has 0 atom stereocenters. The quantitative estimate of drug-likeness (QED) is 0.375. The molecule has 2 aromatic carbocycles. The van der Waals surface area contributed by atoms with Crippen LogP contribution in [0.2, 0.25) is 5.02 Å². The number of rotatable bonds is 8. The maximum absolute atomic E-state index is 12.7. The van der Waals surface area contributed by atoms with Crippen LogP contribution in [0.4, 0.5) is 0 Å². The fourth-order valence-corrected chi connectivity index (χ4v) is 4.40. The Bertz CT molecular complexity index is 1000. The number of amidine groups is 1. The molecule has 30 heavy (non-hydrogen) atoms. The lowest BCUT2D eigenvalue weighted by atomic mass is 10.1. The van der Waals surface area contributed by atoms with Crippen LogP contribution in [0, 0.1) is 0 Å². The van der Waals surface area contributed by atoms with Gasteiger partial charge in [-0.25, -0.2) is 0 Å². The first-order chi connectivity index (χ1) is 14.6. The second kappa shape index (κ2) is 10.5. The number of amides is 1. The molecule has 1 aliphatic heterocycles. The van der Waals surface area contributed by atoms with Gasteiger partial charge < -0.3 is 4.74 Å².